The summed E-state index contributed by atoms with van der Waals surface area (Å²) in [5.41, 5.74) is 1.11. The van der Waals surface area contributed by atoms with Crippen LogP contribution in [0, 0.1) is 11.6 Å². The molecule has 2 aliphatic heterocycles. The Hall–Kier alpha value is -2.39. The van der Waals surface area contributed by atoms with Crippen LogP contribution in [-0.2, 0) is 14.8 Å². The van der Waals surface area contributed by atoms with E-state index in [0.29, 0.717) is 31.6 Å². The molecule has 0 bridgehead atoms. The third-order valence-corrected chi connectivity index (χ3v) is 6.70. The smallest absolute Gasteiger partial charge is 0.262 e. The number of hydrogen-bond acceptors (Lipinski definition) is 4. The normalized spacial score (nSPS) is 18.7. The van der Waals surface area contributed by atoms with Gasteiger partial charge in [0.25, 0.3) is 10.0 Å². The zero-order valence-electron chi connectivity index (χ0n) is 15.4. The van der Waals surface area contributed by atoms with E-state index in [1.165, 1.54) is 12.1 Å². The minimum atomic E-state index is -4.32. The Kier molecular flexibility index (Phi) is 4.90. The number of anilines is 3. The average Bonchev–Trinajstić information content (AvgIpc) is 3.23. The average molecular weight is 442 g/mol. The number of nitrogens with one attached hydrogen (secondary N) is 2. The maximum atomic E-state index is 14.1. The highest BCUT2D eigenvalue weighted by molar-refractivity contribution is 7.92. The highest BCUT2D eigenvalue weighted by atomic mass is 35.5. The van der Waals surface area contributed by atoms with Gasteiger partial charge in [0, 0.05) is 30.5 Å². The molecule has 4 rings (SSSR count). The van der Waals surface area contributed by atoms with Gasteiger partial charge in [-0.05, 0) is 36.2 Å². The molecule has 6 nitrogen and oxygen atoms in total. The molecule has 2 aliphatic rings. The van der Waals surface area contributed by atoms with Crippen LogP contribution in [-0.4, -0.2) is 27.4 Å². The van der Waals surface area contributed by atoms with E-state index in [0.717, 1.165) is 23.4 Å². The van der Waals surface area contributed by atoms with Gasteiger partial charge in [0.2, 0.25) is 5.91 Å². The van der Waals surface area contributed by atoms with Crippen LogP contribution in [0.4, 0.5) is 25.8 Å². The zero-order valence-corrected chi connectivity index (χ0v) is 17.0. The number of benzene rings is 2. The number of nitrogens with zero attached hydrogens (tertiary/aromatic N) is 1. The molecule has 0 aliphatic carbocycles. The minimum Gasteiger partial charge on any atom is -0.383 e. The highest BCUT2D eigenvalue weighted by Gasteiger charge is 2.32. The van der Waals surface area contributed by atoms with E-state index in [4.69, 9.17) is 11.6 Å². The van der Waals surface area contributed by atoms with Crippen LogP contribution in [0.15, 0.2) is 29.2 Å². The largest absolute Gasteiger partial charge is 0.383 e. The van der Waals surface area contributed by atoms with Crippen molar-refractivity contribution in [2.75, 3.05) is 28.0 Å². The summed E-state index contributed by atoms with van der Waals surface area (Å²) in [7, 11) is -4.32. The molecule has 0 spiro atoms. The summed E-state index contributed by atoms with van der Waals surface area (Å²) in [4.78, 5) is 13.6. The number of carbonyl (C=O) groups excluding carboxylic acids is 1. The van der Waals surface area contributed by atoms with E-state index in [-0.39, 0.29) is 21.7 Å². The number of fused-ring (bicyclic) bond motifs is 1. The maximum Gasteiger partial charge on any atom is 0.262 e. The minimum absolute atomic E-state index is 0.0145. The summed E-state index contributed by atoms with van der Waals surface area (Å²) in [5, 5.41) is 3.04. The molecule has 0 aromatic heterocycles. The topological polar surface area (TPSA) is 78.5 Å². The number of carbonyl (C=O) groups is 1. The van der Waals surface area contributed by atoms with Crippen molar-refractivity contribution in [1.29, 1.82) is 0 Å². The third kappa shape index (κ3) is 3.53. The third-order valence-electron chi connectivity index (χ3n) is 5.16. The van der Waals surface area contributed by atoms with Gasteiger partial charge < -0.3 is 10.2 Å². The first kappa shape index (κ1) is 19.9. The fourth-order valence-electron chi connectivity index (χ4n) is 3.67. The van der Waals surface area contributed by atoms with Crippen LogP contribution >= 0.6 is 11.6 Å². The molecule has 0 saturated carbocycles. The maximum absolute atomic E-state index is 14.1. The monoisotopic (exact) mass is 441 g/mol. The molecule has 2 heterocycles. The Morgan fingerprint density at radius 2 is 1.90 bits per heavy atom. The summed E-state index contributed by atoms with van der Waals surface area (Å²) in [5.74, 6) is -2.32. The van der Waals surface area contributed by atoms with Crippen molar-refractivity contribution in [3.05, 3.63) is 46.5 Å². The molecule has 2 aromatic rings. The van der Waals surface area contributed by atoms with Crippen LogP contribution < -0.4 is 14.9 Å². The van der Waals surface area contributed by atoms with E-state index < -0.39 is 27.3 Å². The number of sulfonamides is 1. The summed E-state index contributed by atoms with van der Waals surface area (Å²) >= 11 is 5.60. The van der Waals surface area contributed by atoms with Crippen LogP contribution in [0.3, 0.4) is 0 Å². The summed E-state index contributed by atoms with van der Waals surface area (Å²) < 4.78 is 56.1. The fraction of sp³-hybridized carbons (Fsp3) is 0.316. The number of hydrogen-bond donors (Lipinski definition) is 2. The molecule has 2 N–H and O–H groups in total. The predicted molar refractivity (Wildman–Crippen MR) is 107 cm³/mol. The lowest BCUT2D eigenvalue weighted by molar-refractivity contribution is -0.117. The van der Waals surface area contributed by atoms with Gasteiger partial charge in [-0.25, -0.2) is 17.2 Å². The molecule has 0 radical (unpaired) electrons. The second kappa shape index (κ2) is 7.14. The summed E-state index contributed by atoms with van der Waals surface area (Å²) in [6.45, 7) is 3.01. The molecule has 1 amide bonds. The van der Waals surface area contributed by atoms with Crippen molar-refractivity contribution >= 4 is 44.6 Å². The number of halogens is 3. The lowest BCUT2D eigenvalue weighted by Gasteiger charge is -2.21. The standard InChI is InChI=1S/C19H18ClF2N3O3S/c1-10-9-23-18-13(10)7-12(8-16(18)25-4-2-3-17(25)26)29(27,28)24-19-14(21)5-11(20)6-15(19)22/h5-8,10,23-24H,2-4,9H2,1H3. The van der Waals surface area contributed by atoms with E-state index in [2.05, 4.69) is 5.32 Å². The van der Waals surface area contributed by atoms with Crippen molar-refractivity contribution in [2.24, 2.45) is 0 Å². The molecule has 1 saturated heterocycles. The number of rotatable bonds is 4. The summed E-state index contributed by atoms with van der Waals surface area (Å²) in [6.07, 6.45) is 1.07. The van der Waals surface area contributed by atoms with E-state index >= 15 is 0 Å². The lowest BCUT2D eigenvalue weighted by Crippen LogP contribution is -2.25. The molecule has 29 heavy (non-hydrogen) atoms. The van der Waals surface area contributed by atoms with Crippen LogP contribution in [0.25, 0.3) is 0 Å². The van der Waals surface area contributed by atoms with Gasteiger partial charge in [0.15, 0.2) is 11.6 Å². The Balaban J connectivity index is 1.80. The molecule has 1 unspecified atom stereocenters. The molecular weight excluding hydrogens is 424 g/mol. The van der Waals surface area contributed by atoms with E-state index in [1.54, 1.807) is 4.90 Å². The second-order valence-electron chi connectivity index (χ2n) is 7.19. The Bertz CT molecular complexity index is 1100. The van der Waals surface area contributed by atoms with Crippen molar-refractivity contribution in [2.45, 2.75) is 30.6 Å². The van der Waals surface area contributed by atoms with E-state index in [1.807, 2.05) is 11.6 Å². The molecule has 1 fully saturated rings. The van der Waals surface area contributed by atoms with Crippen LogP contribution in [0.2, 0.25) is 5.02 Å². The van der Waals surface area contributed by atoms with Crippen molar-refractivity contribution in [1.82, 2.24) is 0 Å². The van der Waals surface area contributed by atoms with Gasteiger partial charge in [-0.15, -0.1) is 0 Å². The van der Waals surface area contributed by atoms with Crippen LogP contribution in [0.5, 0.6) is 0 Å². The first-order chi connectivity index (χ1) is 13.7. The van der Waals surface area contributed by atoms with Crippen LogP contribution in [0.1, 0.15) is 31.2 Å². The number of amides is 1. The lowest BCUT2D eigenvalue weighted by atomic mass is 10.0. The van der Waals surface area contributed by atoms with Crippen molar-refractivity contribution in [3.63, 3.8) is 0 Å². The molecule has 10 heteroatoms. The van der Waals surface area contributed by atoms with Gasteiger partial charge in [0.05, 0.1) is 16.3 Å². The van der Waals surface area contributed by atoms with Gasteiger partial charge in [0.1, 0.15) is 5.69 Å². The van der Waals surface area contributed by atoms with Gasteiger partial charge in [-0.2, -0.15) is 0 Å². The fourth-order valence-corrected chi connectivity index (χ4v) is 4.99. The van der Waals surface area contributed by atoms with E-state index in [9.17, 15) is 22.0 Å². The highest BCUT2D eigenvalue weighted by Crippen LogP contribution is 2.42. The predicted octanol–water partition coefficient (Wildman–Crippen LogP) is 4.07. The Morgan fingerprint density at radius 3 is 2.52 bits per heavy atom. The Morgan fingerprint density at radius 1 is 1.21 bits per heavy atom. The Labute approximate surface area is 171 Å². The van der Waals surface area contributed by atoms with Gasteiger partial charge in [-0.3, -0.25) is 9.52 Å². The van der Waals surface area contributed by atoms with Gasteiger partial charge in [-0.1, -0.05) is 18.5 Å². The zero-order chi connectivity index (χ0) is 20.9. The molecule has 1 atom stereocenters. The second-order valence-corrected chi connectivity index (χ2v) is 9.31. The molecule has 2 aromatic carbocycles. The SMILES string of the molecule is CC1CNc2c1cc(S(=O)(=O)Nc1c(F)cc(Cl)cc1F)cc2N1CCCC1=O. The molecular formula is C19H18ClF2N3O3S. The first-order valence-corrected chi connectivity index (χ1v) is 10.9. The molecule has 154 valence electrons. The van der Waals surface area contributed by atoms with Crippen molar-refractivity contribution < 1.29 is 22.0 Å². The van der Waals surface area contributed by atoms with Crippen molar-refractivity contribution in [3.8, 4) is 0 Å². The quantitative estimate of drug-likeness (QED) is 0.749. The summed E-state index contributed by atoms with van der Waals surface area (Å²) in [6, 6.07) is 4.48. The first-order valence-electron chi connectivity index (χ1n) is 9.07. The van der Waals surface area contributed by atoms with Gasteiger partial charge >= 0.3 is 0 Å².